The number of hydrogen-bond donors (Lipinski definition) is 1. The van der Waals surface area contributed by atoms with Crippen LogP contribution in [0.4, 0.5) is 5.69 Å². The van der Waals surface area contributed by atoms with E-state index in [1.807, 2.05) is 49.4 Å². The van der Waals surface area contributed by atoms with Crippen LogP contribution < -0.4 is 5.32 Å². The first-order valence-corrected chi connectivity index (χ1v) is 6.61. The van der Waals surface area contributed by atoms with Crippen LogP contribution in [0.2, 0.25) is 0 Å². The molecular formula is C15H12BrNO. The molecule has 0 aromatic heterocycles. The second-order valence-corrected chi connectivity index (χ2v) is 5.48. The minimum Gasteiger partial charge on any atom is -0.325 e. The number of aryl methyl sites for hydroxylation is 1. The van der Waals surface area contributed by atoms with Gasteiger partial charge in [0, 0.05) is 10.2 Å². The molecular weight excluding hydrogens is 290 g/mol. The molecule has 1 atom stereocenters. The maximum atomic E-state index is 12.1. The monoisotopic (exact) mass is 301 g/mol. The van der Waals surface area contributed by atoms with Crippen LogP contribution in [-0.2, 0) is 4.79 Å². The highest BCUT2D eigenvalue weighted by molar-refractivity contribution is 9.10. The van der Waals surface area contributed by atoms with Crippen molar-refractivity contribution in [2.45, 2.75) is 12.8 Å². The molecule has 0 bridgehead atoms. The standard InChI is InChI=1S/C15H12BrNO/c1-9-2-4-10(5-3-9)14-12-8-11(16)6-7-13(12)17-15(14)18/h2-8,14H,1H3,(H,17,18). The molecule has 90 valence electrons. The van der Waals surface area contributed by atoms with Gasteiger partial charge in [-0.2, -0.15) is 0 Å². The molecule has 0 aliphatic carbocycles. The van der Waals surface area contributed by atoms with Gasteiger partial charge in [0.25, 0.3) is 0 Å². The van der Waals surface area contributed by atoms with Gasteiger partial charge in [-0.15, -0.1) is 0 Å². The Morgan fingerprint density at radius 1 is 1.11 bits per heavy atom. The Labute approximate surface area is 114 Å². The molecule has 1 amide bonds. The second kappa shape index (κ2) is 4.25. The molecule has 1 N–H and O–H groups in total. The summed E-state index contributed by atoms with van der Waals surface area (Å²) in [5.74, 6) is -0.148. The van der Waals surface area contributed by atoms with Crippen LogP contribution in [0.15, 0.2) is 46.9 Å². The third kappa shape index (κ3) is 1.85. The predicted molar refractivity (Wildman–Crippen MR) is 75.8 cm³/mol. The number of nitrogens with one attached hydrogen (secondary N) is 1. The summed E-state index contributed by atoms with van der Waals surface area (Å²) in [4.78, 5) is 12.1. The molecule has 0 radical (unpaired) electrons. The minimum absolute atomic E-state index is 0.0481. The molecule has 0 saturated heterocycles. The van der Waals surface area contributed by atoms with Crippen molar-refractivity contribution < 1.29 is 4.79 Å². The van der Waals surface area contributed by atoms with Gasteiger partial charge >= 0.3 is 0 Å². The van der Waals surface area contributed by atoms with Gasteiger partial charge < -0.3 is 5.32 Å². The molecule has 0 spiro atoms. The normalized spacial score (nSPS) is 17.4. The maximum absolute atomic E-state index is 12.1. The summed E-state index contributed by atoms with van der Waals surface area (Å²) in [5.41, 5.74) is 4.19. The lowest BCUT2D eigenvalue weighted by Crippen LogP contribution is -2.13. The molecule has 3 rings (SSSR count). The first kappa shape index (κ1) is 11.5. The van der Waals surface area contributed by atoms with Crippen molar-refractivity contribution in [3.63, 3.8) is 0 Å². The van der Waals surface area contributed by atoms with E-state index in [1.54, 1.807) is 0 Å². The van der Waals surface area contributed by atoms with E-state index in [0.717, 1.165) is 21.3 Å². The number of carbonyl (C=O) groups is 1. The number of carbonyl (C=O) groups excluding carboxylic acids is 1. The fourth-order valence-electron chi connectivity index (χ4n) is 2.32. The van der Waals surface area contributed by atoms with Crippen LogP contribution in [0.25, 0.3) is 0 Å². The first-order chi connectivity index (χ1) is 8.65. The summed E-state index contributed by atoms with van der Waals surface area (Å²) < 4.78 is 0.995. The zero-order valence-corrected chi connectivity index (χ0v) is 11.5. The van der Waals surface area contributed by atoms with Gasteiger partial charge in [-0.05, 0) is 36.2 Å². The van der Waals surface area contributed by atoms with Crippen LogP contribution in [0.1, 0.15) is 22.6 Å². The number of rotatable bonds is 1. The Hall–Kier alpha value is -1.61. The van der Waals surface area contributed by atoms with Crippen molar-refractivity contribution in [1.82, 2.24) is 0 Å². The summed E-state index contributed by atoms with van der Waals surface area (Å²) in [6, 6.07) is 14.0. The lowest BCUT2D eigenvalue weighted by atomic mass is 9.92. The summed E-state index contributed by atoms with van der Waals surface area (Å²) in [7, 11) is 0. The Balaban J connectivity index is 2.11. The van der Waals surface area contributed by atoms with Crippen LogP contribution >= 0.6 is 15.9 Å². The number of hydrogen-bond acceptors (Lipinski definition) is 1. The van der Waals surface area contributed by atoms with Crippen molar-refractivity contribution in [3.8, 4) is 0 Å². The van der Waals surface area contributed by atoms with Crippen molar-refractivity contribution >= 4 is 27.5 Å². The van der Waals surface area contributed by atoms with Crippen molar-refractivity contribution in [3.05, 3.63) is 63.6 Å². The van der Waals surface area contributed by atoms with Crippen LogP contribution in [0, 0.1) is 6.92 Å². The number of amides is 1. The van der Waals surface area contributed by atoms with E-state index >= 15 is 0 Å². The van der Waals surface area contributed by atoms with Gasteiger partial charge in [-0.25, -0.2) is 0 Å². The lowest BCUT2D eigenvalue weighted by molar-refractivity contribution is -0.116. The quantitative estimate of drug-likeness (QED) is 0.852. The maximum Gasteiger partial charge on any atom is 0.236 e. The fraction of sp³-hybridized carbons (Fsp3) is 0.133. The highest BCUT2D eigenvalue weighted by Gasteiger charge is 2.31. The molecule has 1 aliphatic rings. The highest BCUT2D eigenvalue weighted by Crippen LogP contribution is 2.38. The topological polar surface area (TPSA) is 29.1 Å². The van der Waals surface area contributed by atoms with E-state index in [9.17, 15) is 4.79 Å². The minimum atomic E-state index is -0.196. The highest BCUT2D eigenvalue weighted by atomic mass is 79.9. The number of halogens is 1. The SMILES string of the molecule is Cc1ccc(C2C(=O)Nc3ccc(Br)cc32)cc1. The van der Waals surface area contributed by atoms with E-state index in [4.69, 9.17) is 0 Å². The Morgan fingerprint density at radius 2 is 1.83 bits per heavy atom. The number of anilines is 1. The van der Waals surface area contributed by atoms with Gasteiger partial charge in [-0.1, -0.05) is 45.8 Å². The summed E-state index contributed by atoms with van der Waals surface area (Å²) in [5, 5.41) is 2.93. The molecule has 1 heterocycles. The largest absolute Gasteiger partial charge is 0.325 e. The average molecular weight is 302 g/mol. The molecule has 18 heavy (non-hydrogen) atoms. The molecule has 0 saturated carbocycles. The molecule has 2 aromatic carbocycles. The molecule has 2 aromatic rings. The second-order valence-electron chi connectivity index (χ2n) is 4.56. The number of fused-ring (bicyclic) bond motifs is 1. The van der Waals surface area contributed by atoms with Crippen molar-refractivity contribution in [1.29, 1.82) is 0 Å². The molecule has 1 unspecified atom stereocenters. The lowest BCUT2D eigenvalue weighted by Gasteiger charge is -2.09. The summed E-state index contributed by atoms with van der Waals surface area (Å²) in [6.45, 7) is 2.04. The predicted octanol–water partition coefficient (Wildman–Crippen LogP) is 3.84. The molecule has 3 heteroatoms. The third-order valence-electron chi connectivity index (χ3n) is 3.26. The van der Waals surface area contributed by atoms with E-state index in [0.29, 0.717) is 0 Å². The van der Waals surface area contributed by atoms with Gasteiger partial charge in [-0.3, -0.25) is 4.79 Å². The smallest absolute Gasteiger partial charge is 0.236 e. The summed E-state index contributed by atoms with van der Waals surface area (Å²) >= 11 is 3.46. The first-order valence-electron chi connectivity index (χ1n) is 5.82. The third-order valence-corrected chi connectivity index (χ3v) is 3.75. The number of benzene rings is 2. The molecule has 2 nitrogen and oxygen atoms in total. The van der Waals surface area contributed by atoms with Crippen LogP contribution in [0.3, 0.4) is 0 Å². The zero-order chi connectivity index (χ0) is 12.7. The van der Waals surface area contributed by atoms with E-state index < -0.39 is 0 Å². The molecule has 1 aliphatic heterocycles. The Bertz CT molecular complexity index is 619. The van der Waals surface area contributed by atoms with Gasteiger partial charge in [0.1, 0.15) is 0 Å². The fourth-order valence-corrected chi connectivity index (χ4v) is 2.70. The van der Waals surface area contributed by atoms with Gasteiger partial charge in [0.05, 0.1) is 5.92 Å². The van der Waals surface area contributed by atoms with E-state index in [-0.39, 0.29) is 11.8 Å². The van der Waals surface area contributed by atoms with Gasteiger partial charge in [0.15, 0.2) is 0 Å². The Kier molecular flexibility index (Phi) is 2.71. The molecule has 0 fully saturated rings. The van der Waals surface area contributed by atoms with E-state index in [2.05, 4.69) is 21.2 Å². The van der Waals surface area contributed by atoms with Crippen molar-refractivity contribution in [2.24, 2.45) is 0 Å². The van der Waals surface area contributed by atoms with Crippen LogP contribution in [0.5, 0.6) is 0 Å². The summed E-state index contributed by atoms with van der Waals surface area (Å²) in [6.07, 6.45) is 0. The zero-order valence-electron chi connectivity index (χ0n) is 9.91. The van der Waals surface area contributed by atoms with Crippen LogP contribution in [-0.4, -0.2) is 5.91 Å². The Morgan fingerprint density at radius 3 is 2.56 bits per heavy atom. The van der Waals surface area contributed by atoms with Gasteiger partial charge in [0.2, 0.25) is 5.91 Å². The van der Waals surface area contributed by atoms with E-state index in [1.165, 1.54) is 5.56 Å². The van der Waals surface area contributed by atoms with Crippen molar-refractivity contribution in [2.75, 3.05) is 5.32 Å². The average Bonchev–Trinajstić information content (AvgIpc) is 2.66.